The number of hydrogen-bond donors (Lipinski definition) is 1. The maximum atomic E-state index is 12.2. The third-order valence-corrected chi connectivity index (χ3v) is 3.89. The Hall–Kier alpha value is -2.96. The number of amides is 1. The summed E-state index contributed by atoms with van der Waals surface area (Å²) in [6, 6.07) is 10.6. The minimum Gasteiger partial charge on any atom is -0.476 e. The van der Waals surface area contributed by atoms with Crippen molar-refractivity contribution in [1.29, 1.82) is 0 Å². The smallest absolute Gasteiger partial charge is 0.406 e. The summed E-state index contributed by atoms with van der Waals surface area (Å²) in [4.78, 5) is 26.4. The van der Waals surface area contributed by atoms with Crippen molar-refractivity contribution < 1.29 is 14.5 Å². The number of rotatable bonds is 7. The van der Waals surface area contributed by atoms with Crippen LogP contribution in [0.4, 0.5) is 11.5 Å². The molecule has 25 heavy (non-hydrogen) atoms. The number of benzene rings is 1. The number of carbonyl (C=O) groups is 1. The van der Waals surface area contributed by atoms with Crippen molar-refractivity contribution in [3.8, 4) is 5.75 Å². The van der Waals surface area contributed by atoms with Gasteiger partial charge >= 0.3 is 5.82 Å². The Bertz CT molecular complexity index is 777. The first-order valence-corrected chi connectivity index (χ1v) is 8.06. The molecule has 0 spiro atoms. The fraction of sp³-hybridized carbons (Fsp3) is 0.333. The number of ether oxygens (including phenoxy) is 1. The second kappa shape index (κ2) is 8.23. The van der Waals surface area contributed by atoms with Crippen LogP contribution >= 0.6 is 0 Å². The minimum atomic E-state index is -0.627. The van der Waals surface area contributed by atoms with Crippen LogP contribution in [0.3, 0.4) is 0 Å². The van der Waals surface area contributed by atoms with Gasteiger partial charge < -0.3 is 20.2 Å². The Morgan fingerprint density at radius 2 is 2.04 bits per heavy atom. The van der Waals surface area contributed by atoms with Gasteiger partial charge in [0.05, 0.1) is 0 Å². The molecule has 2 rings (SSSR count). The quantitative estimate of drug-likeness (QED) is 0.609. The SMILES string of the molecule is CCC(C)c1ccccc1NC(=O)COc1ccc(C)nc1[N+](=O)[O-]. The van der Waals surface area contributed by atoms with Crippen molar-refractivity contribution >= 4 is 17.4 Å². The van der Waals surface area contributed by atoms with Crippen molar-refractivity contribution in [2.24, 2.45) is 0 Å². The highest BCUT2D eigenvalue weighted by Crippen LogP contribution is 2.27. The number of nitrogens with one attached hydrogen (secondary N) is 1. The molecule has 0 bridgehead atoms. The summed E-state index contributed by atoms with van der Waals surface area (Å²) < 4.78 is 5.30. The molecule has 0 aliphatic heterocycles. The van der Waals surface area contributed by atoms with Crippen LogP contribution in [0.2, 0.25) is 0 Å². The van der Waals surface area contributed by atoms with E-state index in [-0.39, 0.29) is 18.3 Å². The molecule has 1 amide bonds. The number of para-hydroxylation sites is 1. The van der Waals surface area contributed by atoms with Crippen LogP contribution in [0.1, 0.15) is 37.4 Å². The van der Waals surface area contributed by atoms with Crippen molar-refractivity contribution in [3.63, 3.8) is 0 Å². The average molecular weight is 343 g/mol. The van der Waals surface area contributed by atoms with Crippen LogP contribution in [0.25, 0.3) is 0 Å². The van der Waals surface area contributed by atoms with Crippen molar-refractivity contribution in [1.82, 2.24) is 4.98 Å². The molecule has 1 unspecified atom stereocenters. The standard InChI is InChI=1S/C18H21N3O4/c1-4-12(2)14-7-5-6-8-15(14)20-17(22)11-25-16-10-9-13(3)19-18(16)21(23)24/h5-10,12H,4,11H2,1-3H3,(H,20,22). The van der Waals surface area contributed by atoms with Crippen LogP contribution < -0.4 is 10.1 Å². The summed E-state index contributed by atoms with van der Waals surface area (Å²) >= 11 is 0. The molecule has 0 fully saturated rings. The lowest BCUT2D eigenvalue weighted by atomic mass is 9.97. The fourth-order valence-electron chi connectivity index (χ4n) is 2.36. The number of carbonyl (C=O) groups excluding carboxylic acids is 1. The summed E-state index contributed by atoms with van der Waals surface area (Å²) in [5.41, 5.74) is 2.27. The van der Waals surface area contributed by atoms with Gasteiger partial charge in [-0.1, -0.05) is 32.0 Å². The van der Waals surface area contributed by atoms with E-state index in [1.165, 1.54) is 6.07 Å². The molecule has 7 nitrogen and oxygen atoms in total. The molecule has 0 radical (unpaired) electrons. The molecule has 0 aliphatic rings. The van der Waals surface area contributed by atoms with Gasteiger partial charge in [-0.3, -0.25) is 4.79 Å². The molecule has 0 saturated carbocycles. The van der Waals surface area contributed by atoms with E-state index >= 15 is 0 Å². The molecular weight excluding hydrogens is 322 g/mol. The molecule has 1 aromatic heterocycles. The van der Waals surface area contributed by atoms with E-state index in [0.29, 0.717) is 11.6 Å². The summed E-state index contributed by atoms with van der Waals surface area (Å²) in [5.74, 6) is -0.501. The van der Waals surface area contributed by atoms with Gasteiger partial charge in [0.1, 0.15) is 5.69 Å². The van der Waals surface area contributed by atoms with Gasteiger partial charge in [0.2, 0.25) is 5.75 Å². The van der Waals surface area contributed by atoms with Crippen LogP contribution in [0.15, 0.2) is 36.4 Å². The zero-order valence-electron chi connectivity index (χ0n) is 14.5. The summed E-state index contributed by atoms with van der Waals surface area (Å²) in [7, 11) is 0. The lowest BCUT2D eigenvalue weighted by Gasteiger charge is -2.15. The van der Waals surface area contributed by atoms with Crippen molar-refractivity contribution in [2.45, 2.75) is 33.1 Å². The van der Waals surface area contributed by atoms with Gasteiger partial charge in [0.25, 0.3) is 5.91 Å². The number of aromatic nitrogens is 1. The molecule has 1 heterocycles. The molecule has 7 heteroatoms. The normalized spacial score (nSPS) is 11.6. The minimum absolute atomic E-state index is 0.0269. The second-order valence-corrected chi connectivity index (χ2v) is 5.76. The molecular formula is C18H21N3O4. The highest BCUT2D eigenvalue weighted by molar-refractivity contribution is 5.92. The monoisotopic (exact) mass is 343 g/mol. The predicted molar refractivity (Wildman–Crippen MR) is 94.9 cm³/mol. The van der Waals surface area contributed by atoms with Crippen LogP contribution in [-0.4, -0.2) is 22.4 Å². The van der Waals surface area contributed by atoms with E-state index < -0.39 is 10.7 Å². The summed E-state index contributed by atoms with van der Waals surface area (Å²) in [5, 5.41) is 13.8. The number of nitrogens with zero attached hydrogens (tertiary/aromatic N) is 2. The van der Waals surface area contributed by atoms with Crippen molar-refractivity contribution in [2.75, 3.05) is 11.9 Å². The van der Waals surface area contributed by atoms with Gasteiger partial charge in [0.15, 0.2) is 6.61 Å². The van der Waals surface area contributed by atoms with E-state index in [2.05, 4.69) is 24.1 Å². The summed E-state index contributed by atoms with van der Waals surface area (Å²) in [6.45, 7) is 5.48. The maximum absolute atomic E-state index is 12.2. The molecule has 2 aromatic rings. The van der Waals surface area contributed by atoms with E-state index in [1.54, 1.807) is 13.0 Å². The van der Waals surface area contributed by atoms with E-state index in [9.17, 15) is 14.9 Å². The molecule has 1 N–H and O–H groups in total. The van der Waals surface area contributed by atoms with Gasteiger partial charge in [-0.2, -0.15) is 0 Å². The predicted octanol–water partition coefficient (Wildman–Crippen LogP) is 3.83. The third-order valence-electron chi connectivity index (χ3n) is 3.89. The largest absolute Gasteiger partial charge is 0.476 e. The molecule has 1 aromatic carbocycles. The van der Waals surface area contributed by atoms with Crippen LogP contribution in [0.5, 0.6) is 5.75 Å². The Kier molecular flexibility index (Phi) is 6.05. The molecule has 1 atom stereocenters. The number of nitro groups is 1. The first kappa shape index (κ1) is 18.4. The van der Waals surface area contributed by atoms with Gasteiger partial charge in [-0.05, 0) is 46.0 Å². The van der Waals surface area contributed by atoms with E-state index in [0.717, 1.165) is 17.7 Å². The lowest BCUT2D eigenvalue weighted by molar-refractivity contribution is -0.390. The molecule has 0 aliphatic carbocycles. The Labute approximate surface area is 146 Å². The van der Waals surface area contributed by atoms with Gasteiger partial charge in [0, 0.05) is 12.6 Å². The molecule has 132 valence electrons. The fourth-order valence-corrected chi connectivity index (χ4v) is 2.36. The Morgan fingerprint density at radius 1 is 1.32 bits per heavy atom. The molecule has 0 saturated heterocycles. The first-order chi connectivity index (χ1) is 11.9. The lowest BCUT2D eigenvalue weighted by Crippen LogP contribution is -2.21. The second-order valence-electron chi connectivity index (χ2n) is 5.76. The van der Waals surface area contributed by atoms with E-state index in [1.807, 2.05) is 24.3 Å². The maximum Gasteiger partial charge on any atom is 0.406 e. The topological polar surface area (TPSA) is 94.4 Å². The number of hydrogen-bond acceptors (Lipinski definition) is 5. The number of aryl methyl sites for hydroxylation is 1. The zero-order valence-corrected chi connectivity index (χ0v) is 14.5. The van der Waals surface area contributed by atoms with E-state index in [4.69, 9.17) is 4.74 Å². The zero-order chi connectivity index (χ0) is 18.4. The summed E-state index contributed by atoms with van der Waals surface area (Å²) in [6.07, 6.45) is 0.949. The van der Waals surface area contributed by atoms with Gasteiger partial charge in [-0.25, -0.2) is 0 Å². The highest BCUT2D eigenvalue weighted by atomic mass is 16.6. The number of pyridine rings is 1. The van der Waals surface area contributed by atoms with Crippen LogP contribution in [0, 0.1) is 17.0 Å². The van der Waals surface area contributed by atoms with Crippen LogP contribution in [-0.2, 0) is 4.79 Å². The van der Waals surface area contributed by atoms with Crippen molar-refractivity contribution in [3.05, 3.63) is 57.8 Å². The Morgan fingerprint density at radius 3 is 2.72 bits per heavy atom. The average Bonchev–Trinajstić information content (AvgIpc) is 2.60. The highest BCUT2D eigenvalue weighted by Gasteiger charge is 2.19. The van der Waals surface area contributed by atoms with Gasteiger partial charge in [-0.15, -0.1) is 0 Å². The first-order valence-electron chi connectivity index (χ1n) is 8.06. The third kappa shape index (κ3) is 4.76. The Balaban J connectivity index is 2.07. The number of anilines is 1.